The van der Waals surface area contributed by atoms with Crippen LogP contribution in [-0.4, -0.2) is 22.0 Å². The van der Waals surface area contributed by atoms with Crippen molar-refractivity contribution < 1.29 is 9.59 Å². The highest BCUT2D eigenvalue weighted by Crippen LogP contribution is 2.26. The highest BCUT2D eigenvalue weighted by Gasteiger charge is 2.20. The Morgan fingerprint density at radius 2 is 1.53 bits per heavy atom. The normalized spacial score (nSPS) is 10.2. The summed E-state index contributed by atoms with van der Waals surface area (Å²) in [5.41, 5.74) is 2.38. The second kappa shape index (κ2) is 9.30. The van der Waals surface area contributed by atoms with E-state index in [4.69, 9.17) is 23.2 Å². The SMILES string of the molecule is C=CC(=C)Nc1ccc(NC(=O)c2[nH]ncc2NC(=O)c2c(Cl)cccc2Cl)cc1. The minimum Gasteiger partial charge on any atom is -0.356 e. The number of allylic oxidation sites excluding steroid dienone is 1. The summed E-state index contributed by atoms with van der Waals surface area (Å²) in [7, 11) is 0. The predicted octanol–water partition coefficient (Wildman–Crippen LogP) is 5.33. The fourth-order valence-electron chi connectivity index (χ4n) is 2.52. The van der Waals surface area contributed by atoms with Gasteiger partial charge in [0.2, 0.25) is 0 Å². The average molecular weight is 442 g/mol. The Morgan fingerprint density at radius 1 is 0.933 bits per heavy atom. The largest absolute Gasteiger partial charge is 0.356 e. The van der Waals surface area contributed by atoms with Crippen molar-refractivity contribution in [3.63, 3.8) is 0 Å². The van der Waals surface area contributed by atoms with Crippen LogP contribution in [0.1, 0.15) is 20.8 Å². The molecule has 152 valence electrons. The quantitative estimate of drug-likeness (QED) is 0.372. The second-order valence-electron chi connectivity index (χ2n) is 6.10. The van der Waals surface area contributed by atoms with Crippen molar-refractivity contribution in [2.45, 2.75) is 0 Å². The summed E-state index contributed by atoms with van der Waals surface area (Å²) in [6, 6.07) is 11.7. The molecule has 3 aromatic rings. The van der Waals surface area contributed by atoms with Crippen molar-refractivity contribution in [2.24, 2.45) is 0 Å². The molecule has 0 atom stereocenters. The summed E-state index contributed by atoms with van der Waals surface area (Å²) < 4.78 is 0. The number of nitrogens with zero attached hydrogens (tertiary/aromatic N) is 1. The molecule has 0 fully saturated rings. The van der Waals surface area contributed by atoms with E-state index in [1.165, 1.54) is 6.20 Å². The first kappa shape index (κ1) is 21.2. The van der Waals surface area contributed by atoms with Gasteiger partial charge in [-0.3, -0.25) is 14.7 Å². The zero-order valence-corrected chi connectivity index (χ0v) is 17.1. The monoisotopic (exact) mass is 441 g/mol. The van der Waals surface area contributed by atoms with Gasteiger partial charge in [0.25, 0.3) is 11.8 Å². The number of hydrogen-bond acceptors (Lipinski definition) is 4. The number of H-pyrrole nitrogens is 1. The molecular formula is C21H17Cl2N5O2. The number of nitrogens with one attached hydrogen (secondary N) is 4. The van der Waals surface area contributed by atoms with Gasteiger partial charge in [0.15, 0.2) is 0 Å². The molecule has 30 heavy (non-hydrogen) atoms. The van der Waals surface area contributed by atoms with E-state index < -0.39 is 11.8 Å². The summed E-state index contributed by atoms with van der Waals surface area (Å²) in [5.74, 6) is -1.04. The molecule has 0 radical (unpaired) electrons. The lowest BCUT2D eigenvalue weighted by Gasteiger charge is -2.10. The molecule has 0 aliphatic carbocycles. The molecule has 0 bridgehead atoms. The van der Waals surface area contributed by atoms with Crippen molar-refractivity contribution >= 4 is 52.1 Å². The van der Waals surface area contributed by atoms with Crippen LogP contribution >= 0.6 is 23.2 Å². The van der Waals surface area contributed by atoms with Gasteiger partial charge < -0.3 is 16.0 Å². The van der Waals surface area contributed by atoms with E-state index in [9.17, 15) is 9.59 Å². The number of aromatic amines is 1. The van der Waals surface area contributed by atoms with E-state index in [1.807, 2.05) is 0 Å². The van der Waals surface area contributed by atoms with Gasteiger partial charge in [-0.05, 0) is 42.5 Å². The van der Waals surface area contributed by atoms with Gasteiger partial charge in [-0.25, -0.2) is 0 Å². The molecule has 3 rings (SSSR count). The Kier molecular flexibility index (Phi) is 6.56. The zero-order chi connectivity index (χ0) is 21.7. The molecule has 4 N–H and O–H groups in total. The Labute approximate surface area is 182 Å². The first-order valence-corrected chi connectivity index (χ1v) is 9.43. The molecule has 0 aliphatic rings. The van der Waals surface area contributed by atoms with Crippen molar-refractivity contribution in [3.05, 3.63) is 94.9 Å². The third-order valence-corrected chi connectivity index (χ3v) is 4.63. The topological polar surface area (TPSA) is 98.9 Å². The maximum absolute atomic E-state index is 12.6. The lowest BCUT2D eigenvalue weighted by Crippen LogP contribution is -2.18. The lowest BCUT2D eigenvalue weighted by molar-refractivity contribution is 0.102. The third-order valence-electron chi connectivity index (χ3n) is 4.00. The van der Waals surface area contributed by atoms with Gasteiger partial charge in [-0.1, -0.05) is 42.4 Å². The molecule has 0 aliphatic heterocycles. The van der Waals surface area contributed by atoms with Crippen LogP contribution in [0.15, 0.2) is 73.6 Å². The smallest absolute Gasteiger partial charge is 0.275 e. The van der Waals surface area contributed by atoms with Gasteiger partial charge in [0, 0.05) is 17.1 Å². The molecule has 2 aromatic carbocycles. The van der Waals surface area contributed by atoms with Gasteiger partial charge in [0.1, 0.15) is 5.69 Å². The maximum atomic E-state index is 12.6. The van der Waals surface area contributed by atoms with Crippen LogP contribution in [0.25, 0.3) is 0 Å². The van der Waals surface area contributed by atoms with Gasteiger partial charge in [-0.15, -0.1) is 0 Å². The second-order valence-corrected chi connectivity index (χ2v) is 6.91. The molecule has 0 saturated heterocycles. The number of anilines is 3. The number of benzene rings is 2. The van der Waals surface area contributed by atoms with Crippen molar-refractivity contribution in [2.75, 3.05) is 16.0 Å². The zero-order valence-electron chi connectivity index (χ0n) is 15.6. The Bertz CT molecular complexity index is 1100. The molecule has 0 saturated carbocycles. The molecule has 1 heterocycles. The van der Waals surface area contributed by atoms with E-state index in [0.29, 0.717) is 11.4 Å². The highest BCUT2D eigenvalue weighted by atomic mass is 35.5. The summed E-state index contributed by atoms with van der Waals surface area (Å²) in [6.07, 6.45) is 2.92. The Hall–Kier alpha value is -3.55. The van der Waals surface area contributed by atoms with Crippen LogP contribution < -0.4 is 16.0 Å². The van der Waals surface area contributed by atoms with Crippen LogP contribution in [0.4, 0.5) is 17.1 Å². The number of amides is 2. The fourth-order valence-corrected chi connectivity index (χ4v) is 3.09. The van der Waals surface area contributed by atoms with E-state index in [1.54, 1.807) is 48.5 Å². The van der Waals surface area contributed by atoms with Crippen LogP contribution in [0.2, 0.25) is 10.0 Å². The fraction of sp³-hybridized carbons (Fsp3) is 0. The molecule has 0 spiro atoms. The number of rotatable bonds is 7. The standard InChI is InChI=1S/C21H17Cl2N5O2/c1-3-12(2)25-13-7-9-14(10-8-13)26-21(30)19-17(11-24-28-19)27-20(29)18-15(22)5-4-6-16(18)23/h3-11,25H,1-2H2,(H,24,28)(H,26,30)(H,27,29). The van der Waals surface area contributed by atoms with Crippen molar-refractivity contribution in [1.29, 1.82) is 0 Å². The van der Waals surface area contributed by atoms with Gasteiger partial charge in [-0.2, -0.15) is 5.10 Å². The van der Waals surface area contributed by atoms with Crippen molar-refractivity contribution in [1.82, 2.24) is 10.2 Å². The van der Waals surface area contributed by atoms with Crippen molar-refractivity contribution in [3.8, 4) is 0 Å². The first-order valence-electron chi connectivity index (χ1n) is 8.67. The van der Waals surface area contributed by atoms with Crippen LogP contribution in [0, 0.1) is 0 Å². The minimum absolute atomic E-state index is 0.0776. The van der Waals surface area contributed by atoms with Crippen LogP contribution in [-0.2, 0) is 0 Å². The first-order chi connectivity index (χ1) is 14.4. The number of hydrogen-bond donors (Lipinski definition) is 4. The molecular weight excluding hydrogens is 425 g/mol. The Morgan fingerprint density at radius 3 is 2.13 bits per heavy atom. The summed E-state index contributed by atoms with van der Waals surface area (Å²) in [6.45, 7) is 7.40. The number of carbonyl (C=O) groups is 2. The summed E-state index contributed by atoms with van der Waals surface area (Å²) in [4.78, 5) is 25.2. The molecule has 7 nitrogen and oxygen atoms in total. The van der Waals surface area contributed by atoms with Crippen LogP contribution in [0.3, 0.4) is 0 Å². The number of carbonyl (C=O) groups excluding carboxylic acids is 2. The molecule has 0 unspecified atom stereocenters. The summed E-state index contributed by atoms with van der Waals surface area (Å²) in [5, 5.41) is 15.2. The molecule has 1 aromatic heterocycles. The molecule has 2 amide bonds. The Balaban J connectivity index is 1.71. The molecule has 9 heteroatoms. The van der Waals surface area contributed by atoms with E-state index in [0.717, 1.165) is 5.69 Å². The lowest BCUT2D eigenvalue weighted by atomic mass is 10.2. The van der Waals surface area contributed by atoms with E-state index >= 15 is 0 Å². The number of halogens is 2. The van der Waals surface area contributed by atoms with Crippen LogP contribution in [0.5, 0.6) is 0 Å². The number of aromatic nitrogens is 2. The van der Waals surface area contributed by atoms with E-state index in [-0.39, 0.29) is 27.0 Å². The van der Waals surface area contributed by atoms with E-state index in [2.05, 4.69) is 39.3 Å². The van der Waals surface area contributed by atoms with Gasteiger partial charge in [0.05, 0.1) is 27.5 Å². The highest BCUT2D eigenvalue weighted by molar-refractivity contribution is 6.40. The maximum Gasteiger partial charge on any atom is 0.275 e. The minimum atomic E-state index is -0.557. The third kappa shape index (κ3) is 4.89. The van der Waals surface area contributed by atoms with Gasteiger partial charge >= 0.3 is 0 Å². The average Bonchev–Trinajstić information content (AvgIpc) is 3.17. The summed E-state index contributed by atoms with van der Waals surface area (Å²) >= 11 is 12.1. The predicted molar refractivity (Wildman–Crippen MR) is 120 cm³/mol.